The highest BCUT2D eigenvalue weighted by molar-refractivity contribution is 7.86. The van der Waals surface area contributed by atoms with Crippen molar-refractivity contribution in [3.8, 4) is 11.5 Å². The second-order valence-corrected chi connectivity index (χ2v) is 6.32. The van der Waals surface area contributed by atoms with Gasteiger partial charge in [-0.2, -0.15) is 13.5 Å². The maximum atomic E-state index is 11.5. The van der Waals surface area contributed by atoms with E-state index in [2.05, 4.69) is 10.2 Å². The summed E-state index contributed by atoms with van der Waals surface area (Å²) in [6.07, 6.45) is 0. The Morgan fingerprint density at radius 1 is 1.22 bits per heavy atom. The van der Waals surface area contributed by atoms with Crippen LogP contribution in [0.2, 0.25) is 0 Å². The Kier molecular flexibility index (Phi) is 5.37. The van der Waals surface area contributed by atoms with E-state index in [0.29, 0.717) is 6.07 Å². The van der Waals surface area contributed by atoms with Crippen molar-refractivity contribution in [1.29, 1.82) is 0 Å². The second-order valence-electron chi connectivity index (χ2n) is 4.93. The third-order valence-corrected chi connectivity index (χ3v) is 4.10. The number of azo groups is 1. The Labute approximate surface area is 151 Å². The highest BCUT2D eigenvalue weighted by Crippen LogP contribution is 2.37. The zero-order chi connectivity index (χ0) is 20.4. The van der Waals surface area contributed by atoms with Gasteiger partial charge in [0, 0.05) is 18.2 Å². The lowest BCUT2D eigenvalue weighted by Crippen LogP contribution is -2.02. The first-order valence-electron chi connectivity index (χ1n) is 6.86. The molecular formula is C14H11N3O9S. The number of benzene rings is 2. The standard InChI is InChI=1S/C14H11N3O9S/c1-26-12-5-9(13(27(23,24)25)6-10(12)17(21)22)16-15-7-2-3-8(14(19)20)11(18)4-7/h2-6,18H,1H3,(H,19,20)(H,23,24,25). The monoisotopic (exact) mass is 397 g/mol. The summed E-state index contributed by atoms with van der Waals surface area (Å²) < 4.78 is 37.1. The molecule has 0 aliphatic heterocycles. The number of carboxylic acid groups (broad SMARTS) is 1. The first-order valence-corrected chi connectivity index (χ1v) is 8.30. The van der Waals surface area contributed by atoms with Crippen LogP contribution in [0.4, 0.5) is 17.1 Å². The van der Waals surface area contributed by atoms with Crippen LogP contribution in [0.1, 0.15) is 10.4 Å². The van der Waals surface area contributed by atoms with Gasteiger partial charge in [0.05, 0.1) is 17.7 Å². The molecule has 0 aliphatic carbocycles. The summed E-state index contributed by atoms with van der Waals surface area (Å²) in [7, 11) is -3.78. The van der Waals surface area contributed by atoms with E-state index >= 15 is 0 Å². The van der Waals surface area contributed by atoms with Crippen molar-refractivity contribution in [2.75, 3.05) is 7.11 Å². The Morgan fingerprint density at radius 2 is 1.89 bits per heavy atom. The number of carboxylic acids is 1. The summed E-state index contributed by atoms with van der Waals surface area (Å²) in [6.45, 7) is 0. The molecule has 0 atom stereocenters. The number of aromatic hydroxyl groups is 1. The molecule has 0 fully saturated rings. The maximum Gasteiger partial charge on any atom is 0.339 e. The molecule has 0 heterocycles. The lowest BCUT2D eigenvalue weighted by atomic mass is 10.2. The molecule has 13 heteroatoms. The minimum Gasteiger partial charge on any atom is -0.507 e. The summed E-state index contributed by atoms with van der Waals surface area (Å²) in [4.78, 5) is 20.1. The number of hydrogen-bond acceptors (Lipinski definition) is 9. The van der Waals surface area contributed by atoms with Gasteiger partial charge < -0.3 is 14.9 Å². The highest BCUT2D eigenvalue weighted by atomic mass is 32.2. The van der Waals surface area contributed by atoms with E-state index in [1.54, 1.807) is 0 Å². The van der Waals surface area contributed by atoms with Gasteiger partial charge in [0.2, 0.25) is 0 Å². The second kappa shape index (κ2) is 7.35. The predicted octanol–water partition coefficient (Wildman–Crippen LogP) is 2.67. The molecule has 0 aromatic heterocycles. The van der Waals surface area contributed by atoms with Gasteiger partial charge >= 0.3 is 11.7 Å². The molecule has 0 amide bonds. The van der Waals surface area contributed by atoms with Gasteiger partial charge in [-0.05, 0) is 12.1 Å². The predicted molar refractivity (Wildman–Crippen MR) is 88.7 cm³/mol. The van der Waals surface area contributed by atoms with Crippen LogP contribution in [-0.4, -0.2) is 41.2 Å². The molecule has 2 rings (SSSR count). The van der Waals surface area contributed by atoms with Gasteiger partial charge in [-0.1, -0.05) is 0 Å². The third kappa shape index (κ3) is 4.34. The van der Waals surface area contributed by atoms with Crippen molar-refractivity contribution < 1.29 is 37.6 Å². The number of methoxy groups -OCH3 is 1. The van der Waals surface area contributed by atoms with Crippen LogP contribution in [0.25, 0.3) is 0 Å². The number of carbonyl (C=O) groups is 1. The highest BCUT2D eigenvalue weighted by Gasteiger charge is 2.25. The molecule has 0 spiro atoms. The molecule has 27 heavy (non-hydrogen) atoms. The van der Waals surface area contributed by atoms with Crippen molar-refractivity contribution in [1.82, 2.24) is 0 Å². The smallest absolute Gasteiger partial charge is 0.339 e. The van der Waals surface area contributed by atoms with E-state index in [9.17, 15) is 33.0 Å². The van der Waals surface area contributed by atoms with Crippen LogP contribution >= 0.6 is 0 Å². The molecule has 2 aromatic carbocycles. The summed E-state index contributed by atoms with van der Waals surface area (Å²) in [6, 6.07) is 4.64. The first kappa shape index (κ1) is 19.7. The summed E-state index contributed by atoms with van der Waals surface area (Å²) in [5.41, 5.74) is -1.62. The van der Waals surface area contributed by atoms with Gasteiger partial charge in [0.1, 0.15) is 21.9 Å². The van der Waals surface area contributed by atoms with Crippen molar-refractivity contribution in [3.63, 3.8) is 0 Å². The number of ether oxygens (including phenoxy) is 1. The topological polar surface area (TPSA) is 189 Å². The quantitative estimate of drug-likeness (QED) is 0.285. The summed E-state index contributed by atoms with van der Waals surface area (Å²) in [5, 5.41) is 36.7. The van der Waals surface area contributed by atoms with Crippen LogP contribution < -0.4 is 4.74 Å². The zero-order valence-corrected chi connectivity index (χ0v) is 14.2. The SMILES string of the molecule is COc1cc(N=Nc2ccc(C(=O)O)c(O)c2)c(S(=O)(=O)O)cc1[N+](=O)[O-]. The van der Waals surface area contributed by atoms with Gasteiger partial charge in [0.15, 0.2) is 5.75 Å². The van der Waals surface area contributed by atoms with Crippen molar-refractivity contribution in [3.05, 3.63) is 46.0 Å². The fourth-order valence-electron chi connectivity index (χ4n) is 2.00. The third-order valence-electron chi connectivity index (χ3n) is 3.22. The van der Waals surface area contributed by atoms with Gasteiger partial charge in [-0.3, -0.25) is 14.7 Å². The number of nitro groups is 1. The van der Waals surface area contributed by atoms with E-state index in [1.807, 2.05) is 0 Å². The normalized spacial score (nSPS) is 11.5. The Bertz CT molecular complexity index is 1060. The van der Waals surface area contributed by atoms with Crippen molar-refractivity contribution in [2.45, 2.75) is 4.90 Å². The van der Waals surface area contributed by atoms with Crippen LogP contribution in [0.15, 0.2) is 45.5 Å². The number of rotatable bonds is 6. The average molecular weight is 397 g/mol. The number of nitro benzene ring substituents is 1. The number of hydrogen-bond donors (Lipinski definition) is 3. The molecule has 0 saturated heterocycles. The van der Waals surface area contributed by atoms with Crippen molar-refractivity contribution in [2.24, 2.45) is 10.2 Å². The minimum atomic E-state index is -4.89. The van der Waals surface area contributed by atoms with E-state index < -0.39 is 43.0 Å². The molecule has 142 valence electrons. The Morgan fingerprint density at radius 3 is 2.37 bits per heavy atom. The molecule has 0 radical (unpaired) electrons. The first-order chi connectivity index (χ1) is 12.5. The molecule has 0 aliphatic rings. The molecule has 0 bridgehead atoms. The molecule has 12 nitrogen and oxygen atoms in total. The molecule has 2 aromatic rings. The molecule has 3 N–H and O–H groups in total. The fraction of sp³-hybridized carbons (Fsp3) is 0.0714. The average Bonchev–Trinajstić information content (AvgIpc) is 2.57. The van der Waals surface area contributed by atoms with Crippen LogP contribution in [0.5, 0.6) is 11.5 Å². The van der Waals surface area contributed by atoms with E-state index in [0.717, 1.165) is 25.3 Å². The molecule has 0 unspecified atom stereocenters. The number of nitrogens with zero attached hydrogens (tertiary/aromatic N) is 3. The van der Waals surface area contributed by atoms with E-state index in [4.69, 9.17) is 9.84 Å². The van der Waals surface area contributed by atoms with E-state index in [1.165, 1.54) is 6.07 Å². The van der Waals surface area contributed by atoms with Crippen molar-refractivity contribution >= 4 is 33.1 Å². The summed E-state index contributed by atoms with van der Waals surface area (Å²) in [5.74, 6) is -2.30. The van der Waals surface area contributed by atoms with Crippen LogP contribution in [0.3, 0.4) is 0 Å². The largest absolute Gasteiger partial charge is 0.507 e. The zero-order valence-electron chi connectivity index (χ0n) is 13.4. The van der Waals surface area contributed by atoms with E-state index in [-0.39, 0.29) is 17.0 Å². The van der Waals surface area contributed by atoms with Gasteiger partial charge in [-0.25, -0.2) is 4.79 Å². The van der Waals surface area contributed by atoms with Crippen LogP contribution in [-0.2, 0) is 10.1 Å². The Balaban J connectivity index is 2.57. The van der Waals surface area contributed by atoms with Gasteiger partial charge in [0.25, 0.3) is 10.1 Å². The fourth-order valence-corrected chi connectivity index (χ4v) is 2.63. The van der Waals surface area contributed by atoms with Crippen LogP contribution in [0, 0.1) is 10.1 Å². The Hall–Kier alpha value is -3.58. The number of phenols is 1. The number of aromatic carboxylic acids is 1. The minimum absolute atomic E-state index is 0.0453. The molecule has 0 saturated carbocycles. The lowest BCUT2D eigenvalue weighted by Gasteiger charge is -2.06. The lowest BCUT2D eigenvalue weighted by molar-refractivity contribution is -0.386. The maximum absolute atomic E-state index is 11.5. The molecular weight excluding hydrogens is 386 g/mol. The van der Waals surface area contributed by atoms with Gasteiger partial charge in [-0.15, -0.1) is 5.11 Å². The summed E-state index contributed by atoms with van der Waals surface area (Å²) >= 11 is 0.